The second-order valence-electron chi connectivity index (χ2n) is 6.86. The van der Waals surface area contributed by atoms with Crippen molar-refractivity contribution >= 4 is 39.4 Å². The van der Waals surface area contributed by atoms with Crippen molar-refractivity contribution in [2.45, 2.75) is 6.42 Å². The molecule has 2 aromatic carbocycles. The van der Waals surface area contributed by atoms with Gasteiger partial charge < -0.3 is 9.80 Å². The van der Waals surface area contributed by atoms with Gasteiger partial charge in [0.15, 0.2) is 0 Å². The molecule has 29 heavy (non-hydrogen) atoms. The molecule has 0 bridgehead atoms. The van der Waals surface area contributed by atoms with Crippen LogP contribution in [0.25, 0.3) is 16.3 Å². The lowest BCUT2D eigenvalue weighted by atomic mass is 10.1. The summed E-state index contributed by atoms with van der Waals surface area (Å²) in [6.07, 6.45) is 3.54. The van der Waals surface area contributed by atoms with Gasteiger partial charge in [-0.3, -0.25) is 9.59 Å². The summed E-state index contributed by atoms with van der Waals surface area (Å²) in [5.74, 6) is -0.393. The molecule has 1 aliphatic rings. The van der Waals surface area contributed by atoms with E-state index in [1.807, 2.05) is 24.3 Å². The van der Waals surface area contributed by atoms with Gasteiger partial charge in [-0.05, 0) is 35.9 Å². The highest BCUT2D eigenvalue weighted by molar-refractivity contribution is 7.19. The van der Waals surface area contributed by atoms with Crippen LogP contribution in [0.15, 0.2) is 54.6 Å². The highest BCUT2D eigenvalue weighted by atomic mass is 32.1. The SMILES string of the molecule is O=C(/C=C/c1nc2ccccc2s1)N1CCN(C(=O)Cc2ccc(F)cc2)CC1. The monoisotopic (exact) mass is 409 g/mol. The maximum Gasteiger partial charge on any atom is 0.246 e. The number of benzene rings is 2. The van der Waals surface area contributed by atoms with Crippen LogP contribution in [-0.4, -0.2) is 52.8 Å². The number of para-hydroxylation sites is 1. The molecule has 0 atom stereocenters. The Morgan fingerprint density at radius 2 is 1.69 bits per heavy atom. The van der Waals surface area contributed by atoms with Gasteiger partial charge in [0.1, 0.15) is 10.8 Å². The maximum absolute atomic E-state index is 13.0. The molecule has 0 unspecified atom stereocenters. The fraction of sp³-hybridized carbons (Fsp3) is 0.227. The summed E-state index contributed by atoms with van der Waals surface area (Å²) in [6.45, 7) is 2.00. The zero-order chi connectivity index (χ0) is 20.2. The van der Waals surface area contributed by atoms with Crippen LogP contribution in [0, 0.1) is 5.82 Å². The molecule has 5 nitrogen and oxygen atoms in total. The molecular formula is C22H20FN3O2S. The van der Waals surface area contributed by atoms with Crippen LogP contribution in [0.1, 0.15) is 10.6 Å². The first-order valence-electron chi connectivity index (χ1n) is 9.43. The Labute approximate surface area is 172 Å². The van der Waals surface area contributed by atoms with Crippen LogP contribution in [0.2, 0.25) is 0 Å². The third-order valence-electron chi connectivity index (χ3n) is 4.89. The minimum absolute atomic E-state index is 0.00581. The molecule has 7 heteroatoms. The number of nitrogens with zero attached hydrogens (tertiary/aromatic N) is 3. The molecule has 0 saturated carbocycles. The number of amides is 2. The predicted molar refractivity (Wildman–Crippen MR) is 112 cm³/mol. The fourth-order valence-corrected chi connectivity index (χ4v) is 4.14. The van der Waals surface area contributed by atoms with Crippen molar-refractivity contribution in [1.82, 2.24) is 14.8 Å². The Balaban J connectivity index is 1.29. The molecule has 2 heterocycles. The summed E-state index contributed by atoms with van der Waals surface area (Å²) in [5.41, 5.74) is 1.71. The molecule has 0 aliphatic carbocycles. The zero-order valence-corrected chi connectivity index (χ0v) is 16.6. The zero-order valence-electron chi connectivity index (χ0n) is 15.8. The summed E-state index contributed by atoms with van der Waals surface area (Å²) < 4.78 is 14.1. The smallest absolute Gasteiger partial charge is 0.246 e. The first-order valence-corrected chi connectivity index (χ1v) is 10.2. The van der Waals surface area contributed by atoms with Crippen LogP contribution in [0.4, 0.5) is 4.39 Å². The third kappa shape index (κ3) is 4.68. The minimum Gasteiger partial charge on any atom is -0.339 e. The van der Waals surface area contributed by atoms with Crippen molar-refractivity contribution < 1.29 is 14.0 Å². The Morgan fingerprint density at radius 3 is 2.41 bits per heavy atom. The quantitative estimate of drug-likeness (QED) is 0.621. The number of carbonyl (C=O) groups is 2. The maximum atomic E-state index is 13.0. The first-order chi connectivity index (χ1) is 14.1. The largest absolute Gasteiger partial charge is 0.339 e. The van der Waals surface area contributed by atoms with E-state index in [0.29, 0.717) is 26.2 Å². The van der Waals surface area contributed by atoms with E-state index in [1.165, 1.54) is 12.1 Å². The summed E-state index contributed by atoms with van der Waals surface area (Å²) in [5, 5.41) is 0.799. The summed E-state index contributed by atoms with van der Waals surface area (Å²) >= 11 is 1.55. The molecular weight excluding hydrogens is 389 g/mol. The Hall–Kier alpha value is -3.06. The number of fused-ring (bicyclic) bond motifs is 1. The lowest BCUT2D eigenvalue weighted by Crippen LogP contribution is -2.50. The highest BCUT2D eigenvalue weighted by Gasteiger charge is 2.23. The number of rotatable bonds is 4. The number of hydrogen-bond donors (Lipinski definition) is 0. The van der Waals surface area contributed by atoms with Crippen molar-refractivity contribution in [3.63, 3.8) is 0 Å². The number of aromatic nitrogens is 1. The van der Waals surface area contributed by atoms with Crippen molar-refractivity contribution in [1.29, 1.82) is 0 Å². The van der Waals surface area contributed by atoms with Gasteiger partial charge in [0.2, 0.25) is 11.8 Å². The van der Waals surface area contributed by atoms with E-state index in [-0.39, 0.29) is 24.1 Å². The molecule has 1 fully saturated rings. The average Bonchev–Trinajstić information content (AvgIpc) is 3.17. The van der Waals surface area contributed by atoms with Crippen LogP contribution in [0.3, 0.4) is 0 Å². The Bertz CT molecular complexity index is 1020. The van der Waals surface area contributed by atoms with Gasteiger partial charge in [-0.15, -0.1) is 11.3 Å². The van der Waals surface area contributed by atoms with Crippen molar-refractivity contribution in [3.05, 3.63) is 71.0 Å². The molecule has 0 radical (unpaired) electrons. The minimum atomic E-state index is -0.313. The topological polar surface area (TPSA) is 53.5 Å². The van der Waals surface area contributed by atoms with E-state index in [4.69, 9.17) is 0 Å². The summed E-state index contributed by atoms with van der Waals surface area (Å²) in [4.78, 5) is 32.9. The van der Waals surface area contributed by atoms with E-state index in [2.05, 4.69) is 4.98 Å². The normalized spacial score (nSPS) is 14.7. The molecule has 0 spiro atoms. The second-order valence-corrected chi connectivity index (χ2v) is 7.92. The molecule has 3 aromatic rings. The Morgan fingerprint density at radius 1 is 1.00 bits per heavy atom. The van der Waals surface area contributed by atoms with E-state index in [1.54, 1.807) is 45.4 Å². The van der Waals surface area contributed by atoms with Crippen molar-refractivity contribution in [3.8, 4) is 0 Å². The van der Waals surface area contributed by atoms with E-state index >= 15 is 0 Å². The average molecular weight is 409 g/mol. The predicted octanol–water partition coefficient (Wildman–Crippen LogP) is 3.36. The summed E-state index contributed by atoms with van der Waals surface area (Å²) in [6, 6.07) is 13.8. The molecule has 1 aromatic heterocycles. The number of hydrogen-bond acceptors (Lipinski definition) is 4. The number of piperazine rings is 1. The standard InChI is InChI=1S/C22H20FN3O2S/c23-17-7-5-16(6-8-17)15-22(28)26-13-11-25(12-14-26)21(27)10-9-20-24-18-3-1-2-4-19(18)29-20/h1-10H,11-15H2/b10-9+. The fourth-order valence-electron chi connectivity index (χ4n) is 3.27. The molecule has 0 N–H and O–H groups in total. The van der Waals surface area contributed by atoms with Crippen molar-refractivity contribution in [2.24, 2.45) is 0 Å². The van der Waals surface area contributed by atoms with Gasteiger partial charge in [0, 0.05) is 32.3 Å². The molecule has 1 saturated heterocycles. The molecule has 4 rings (SSSR count). The van der Waals surface area contributed by atoms with Crippen molar-refractivity contribution in [2.75, 3.05) is 26.2 Å². The highest BCUT2D eigenvalue weighted by Crippen LogP contribution is 2.22. The lowest BCUT2D eigenvalue weighted by Gasteiger charge is -2.34. The van der Waals surface area contributed by atoms with Gasteiger partial charge in [-0.2, -0.15) is 0 Å². The van der Waals surface area contributed by atoms with E-state index < -0.39 is 0 Å². The van der Waals surface area contributed by atoms with Crippen LogP contribution >= 0.6 is 11.3 Å². The van der Waals surface area contributed by atoms with Crippen LogP contribution in [-0.2, 0) is 16.0 Å². The van der Waals surface area contributed by atoms with E-state index in [0.717, 1.165) is 20.8 Å². The van der Waals surface area contributed by atoms with Gasteiger partial charge >= 0.3 is 0 Å². The van der Waals surface area contributed by atoms with Crippen LogP contribution in [0.5, 0.6) is 0 Å². The first kappa shape index (κ1) is 19.3. The number of carbonyl (C=O) groups excluding carboxylic acids is 2. The van der Waals surface area contributed by atoms with E-state index in [9.17, 15) is 14.0 Å². The number of thiazole rings is 1. The molecule has 1 aliphatic heterocycles. The second kappa shape index (κ2) is 8.53. The third-order valence-corrected chi connectivity index (χ3v) is 5.89. The lowest BCUT2D eigenvalue weighted by molar-refractivity contribution is -0.136. The van der Waals surface area contributed by atoms with Gasteiger partial charge in [0.25, 0.3) is 0 Å². The molecule has 148 valence electrons. The Kier molecular flexibility index (Phi) is 5.67. The van der Waals surface area contributed by atoms with Gasteiger partial charge in [-0.1, -0.05) is 24.3 Å². The van der Waals surface area contributed by atoms with Gasteiger partial charge in [-0.25, -0.2) is 9.37 Å². The number of halogens is 1. The van der Waals surface area contributed by atoms with Crippen LogP contribution < -0.4 is 0 Å². The summed E-state index contributed by atoms with van der Waals surface area (Å²) in [7, 11) is 0. The van der Waals surface area contributed by atoms with Gasteiger partial charge in [0.05, 0.1) is 16.6 Å². The molecule has 2 amide bonds.